The summed E-state index contributed by atoms with van der Waals surface area (Å²) >= 11 is 5.84. The maximum Gasteiger partial charge on any atom is 0.319 e. The number of rotatable bonds is 5. The van der Waals surface area contributed by atoms with Crippen molar-refractivity contribution in [2.45, 2.75) is 26.4 Å². The molecule has 26 heavy (non-hydrogen) atoms. The number of carbonyl (C=O) groups excluding carboxylic acids is 2. The molecule has 1 aliphatic heterocycles. The third-order valence-electron chi connectivity index (χ3n) is 4.52. The SMILES string of the molecule is C[C@H]1CCN(Cc2ccc(NC(=O)NCc3ccc(Cl)cc3)cc2)C1=O. The summed E-state index contributed by atoms with van der Waals surface area (Å²) in [6.45, 7) is 3.83. The van der Waals surface area contributed by atoms with Gasteiger partial charge in [-0.2, -0.15) is 0 Å². The van der Waals surface area contributed by atoms with Gasteiger partial charge in [0.25, 0.3) is 0 Å². The van der Waals surface area contributed by atoms with Gasteiger partial charge >= 0.3 is 6.03 Å². The van der Waals surface area contributed by atoms with Crippen LogP contribution in [0.5, 0.6) is 0 Å². The highest BCUT2D eigenvalue weighted by molar-refractivity contribution is 6.30. The maximum absolute atomic E-state index is 12.0. The van der Waals surface area contributed by atoms with Gasteiger partial charge < -0.3 is 15.5 Å². The van der Waals surface area contributed by atoms with Gasteiger partial charge in [0.15, 0.2) is 0 Å². The van der Waals surface area contributed by atoms with E-state index in [1.165, 1.54) is 0 Å². The molecule has 1 saturated heterocycles. The lowest BCUT2D eigenvalue weighted by Gasteiger charge is -2.16. The third kappa shape index (κ3) is 4.76. The first-order chi connectivity index (χ1) is 12.5. The van der Waals surface area contributed by atoms with Crippen molar-refractivity contribution in [2.75, 3.05) is 11.9 Å². The van der Waals surface area contributed by atoms with Gasteiger partial charge in [-0.3, -0.25) is 4.79 Å². The van der Waals surface area contributed by atoms with E-state index in [1.807, 2.05) is 48.2 Å². The Kier molecular flexibility index (Phi) is 5.78. The molecule has 2 N–H and O–H groups in total. The minimum atomic E-state index is -0.267. The smallest absolute Gasteiger partial charge is 0.319 e. The average Bonchev–Trinajstić information content (AvgIpc) is 2.95. The summed E-state index contributed by atoms with van der Waals surface area (Å²) in [7, 11) is 0. The number of hydrogen-bond donors (Lipinski definition) is 2. The summed E-state index contributed by atoms with van der Waals surface area (Å²) in [5.74, 6) is 0.342. The van der Waals surface area contributed by atoms with E-state index >= 15 is 0 Å². The summed E-state index contributed by atoms with van der Waals surface area (Å²) in [6.07, 6.45) is 0.923. The number of carbonyl (C=O) groups is 2. The largest absolute Gasteiger partial charge is 0.338 e. The number of amides is 3. The molecule has 0 spiro atoms. The van der Waals surface area contributed by atoms with Crippen LogP contribution >= 0.6 is 11.6 Å². The molecule has 0 radical (unpaired) electrons. The number of halogens is 1. The Morgan fingerprint density at radius 2 is 1.77 bits per heavy atom. The lowest BCUT2D eigenvalue weighted by Crippen LogP contribution is -2.28. The van der Waals surface area contributed by atoms with E-state index in [0.717, 1.165) is 24.1 Å². The minimum Gasteiger partial charge on any atom is -0.338 e. The lowest BCUT2D eigenvalue weighted by molar-refractivity contribution is -0.131. The van der Waals surface area contributed by atoms with Crippen LogP contribution in [0, 0.1) is 5.92 Å². The second-order valence-corrected chi connectivity index (χ2v) is 7.02. The van der Waals surface area contributed by atoms with Crippen molar-refractivity contribution in [2.24, 2.45) is 5.92 Å². The van der Waals surface area contributed by atoms with Crippen LogP contribution in [0.25, 0.3) is 0 Å². The minimum absolute atomic E-state index is 0.125. The number of hydrogen-bond acceptors (Lipinski definition) is 2. The molecule has 3 rings (SSSR count). The van der Waals surface area contributed by atoms with Crippen LogP contribution in [0.4, 0.5) is 10.5 Å². The predicted octanol–water partition coefficient (Wildman–Crippen LogP) is 4.03. The molecule has 6 heteroatoms. The standard InChI is InChI=1S/C20H22ClN3O2/c1-14-10-11-24(19(14)25)13-16-4-8-18(9-5-16)23-20(26)22-12-15-2-6-17(21)7-3-15/h2-9,14H,10-13H2,1H3,(H2,22,23,26)/t14-/m0/s1. The van der Waals surface area contributed by atoms with Crippen LogP contribution in [-0.4, -0.2) is 23.4 Å². The van der Waals surface area contributed by atoms with Gasteiger partial charge in [0, 0.05) is 36.3 Å². The zero-order valence-electron chi connectivity index (χ0n) is 14.7. The van der Waals surface area contributed by atoms with Crippen molar-refractivity contribution in [3.8, 4) is 0 Å². The molecule has 3 amide bonds. The Hall–Kier alpha value is -2.53. The molecule has 2 aromatic rings. The molecular weight excluding hydrogens is 350 g/mol. The number of nitrogens with one attached hydrogen (secondary N) is 2. The molecule has 0 unspecified atom stereocenters. The number of nitrogens with zero attached hydrogens (tertiary/aromatic N) is 1. The van der Waals surface area contributed by atoms with E-state index < -0.39 is 0 Å². The molecule has 5 nitrogen and oxygen atoms in total. The Bertz CT molecular complexity index is 775. The van der Waals surface area contributed by atoms with Crippen LogP contribution in [0.2, 0.25) is 5.02 Å². The van der Waals surface area contributed by atoms with Crippen molar-refractivity contribution in [3.05, 3.63) is 64.7 Å². The molecule has 0 aromatic heterocycles. The van der Waals surface area contributed by atoms with Crippen LogP contribution in [0.3, 0.4) is 0 Å². The summed E-state index contributed by atoms with van der Waals surface area (Å²) < 4.78 is 0. The van der Waals surface area contributed by atoms with Crippen molar-refractivity contribution in [1.82, 2.24) is 10.2 Å². The predicted molar refractivity (Wildman–Crippen MR) is 103 cm³/mol. The van der Waals surface area contributed by atoms with Crippen LogP contribution in [0.1, 0.15) is 24.5 Å². The Labute approximate surface area is 158 Å². The van der Waals surface area contributed by atoms with Gasteiger partial charge in [-0.15, -0.1) is 0 Å². The second-order valence-electron chi connectivity index (χ2n) is 6.58. The first-order valence-corrected chi connectivity index (χ1v) is 9.06. The summed E-state index contributed by atoms with van der Waals surface area (Å²) in [6, 6.07) is 14.6. The molecule has 0 saturated carbocycles. The van der Waals surface area contributed by atoms with Crippen LogP contribution in [-0.2, 0) is 17.9 Å². The highest BCUT2D eigenvalue weighted by Gasteiger charge is 2.27. The first-order valence-electron chi connectivity index (χ1n) is 8.68. The fourth-order valence-corrected chi connectivity index (χ4v) is 3.05. The average molecular weight is 372 g/mol. The van der Waals surface area contributed by atoms with E-state index in [4.69, 9.17) is 11.6 Å². The Morgan fingerprint density at radius 3 is 2.38 bits per heavy atom. The summed E-state index contributed by atoms with van der Waals surface area (Å²) in [5, 5.41) is 6.28. The molecule has 1 fully saturated rings. The van der Waals surface area contributed by atoms with Gasteiger partial charge in [0.1, 0.15) is 0 Å². The summed E-state index contributed by atoms with van der Waals surface area (Å²) in [4.78, 5) is 25.9. The fourth-order valence-electron chi connectivity index (χ4n) is 2.93. The monoisotopic (exact) mass is 371 g/mol. The normalized spacial score (nSPS) is 16.6. The first kappa shape index (κ1) is 18.3. The highest BCUT2D eigenvalue weighted by Crippen LogP contribution is 2.20. The molecule has 0 aliphatic carbocycles. The number of urea groups is 1. The van der Waals surface area contributed by atoms with Crippen LogP contribution in [0.15, 0.2) is 48.5 Å². The van der Waals surface area contributed by atoms with Crippen molar-refractivity contribution in [1.29, 1.82) is 0 Å². The zero-order chi connectivity index (χ0) is 18.5. The second kappa shape index (κ2) is 8.23. The Morgan fingerprint density at radius 1 is 1.12 bits per heavy atom. The molecule has 136 valence electrons. The van der Waals surface area contributed by atoms with Crippen molar-refractivity contribution >= 4 is 29.2 Å². The molecule has 1 atom stereocenters. The lowest BCUT2D eigenvalue weighted by atomic mass is 10.1. The van der Waals surface area contributed by atoms with Gasteiger partial charge in [0.2, 0.25) is 5.91 Å². The number of anilines is 1. The van der Waals surface area contributed by atoms with E-state index in [-0.39, 0.29) is 17.9 Å². The van der Waals surface area contributed by atoms with Crippen molar-refractivity contribution < 1.29 is 9.59 Å². The molecule has 1 aliphatic rings. The number of likely N-dealkylation sites (tertiary alicyclic amines) is 1. The van der Waals surface area contributed by atoms with Gasteiger partial charge in [0.05, 0.1) is 0 Å². The molecular formula is C20H22ClN3O2. The van der Waals surface area contributed by atoms with E-state index in [9.17, 15) is 9.59 Å². The fraction of sp³-hybridized carbons (Fsp3) is 0.300. The topological polar surface area (TPSA) is 61.4 Å². The van der Waals surface area contributed by atoms with Gasteiger partial charge in [-0.05, 0) is 41.8 Å². The molecule has 0 bridgehead atoms. The zero-order valence-corrected chi connectivity index (χ0v) is 15.4. The quantitative estimate of drug-likeness (QED) is 0.833. The summed E-state index contributed by atoms with van der Waals surface area (Å²) in [5.41, 5.74) is 2.74. The van der Waals surface area contributed by atoms with Gasteiger partial charge in [-0.25, -0.2) is 4.79 Å². The van der Waals surface area contributed by atoms with E-state index in [0.29, 0.717) is 23.8 Å². The Balaban J connectivity index is 1.48. The van der Waals surface area contributed by atoms with Crippen molar-refractivity contribution in [3.63, 3.8) is 0 Å². The van der Waals surface area contributed by atoms with Crippen LogP contribution < -0.4 is 10.6 Å². The van der Waals surface area contributed by atoms with E-state index in [1.54, 1.807) is 12.1 Å². The van der Waals surface area contributed by atoms with E-state index in [2.05, 4.69) is 10.6 Å². The van der Waals surface area contributed by atoms with Gasteiger partial charge in [-0.1, -0.05) is 42.8 Å². The third-order valence-corrected chi connectivity index (χ3v) is 4.77. The highest BCUT2D eigenvalue weighted by atomic mass is 35.5. The number of benzene rings is 2. The maximum atomic E-state index is 12.0. The molecule has 1 heterocycles. The molecule has 2 aromatic carbocycles.